The van der Waals surface area contributed by atoms with Crippen LogP contribution in [0, 0.1) is 28.6 Å². The molecule has 0 bridgehead atoms. The number of fused-ring (bicyclic) bond motifs is 5. The number of rotatable bonds is 0. The first-order valence-electron chi connectivity index (χ1n) is 9.32. The topological polar surface area (TPSA) is 60.7 Å². The first kappa shape index (κ1) is 15.7. The van der Waals surface area contributed by atoms with Crippen LogP contribution in [-0.4, -0.2) is 27.5 Å². The van der Waals surface area contributed by atoms with Gasteiger partial charge in [0.2, 0.25) is 0 Å². The van der Waals surface area contributed by atoms with Gasteiger partial charge in [0.1, 0.15) is 0 Å². The molecule has 4 aliphatic rings. The van der Waals surface area contributed by atoms with Gasteiger partial charge in [-0.3, -0.25) is 0 Å². The summed E-state index contributed by atoms with van der Waals surface area (Å²) in [5, 5.41) is 30.4. The molecule has 0 unspecified atom stereocenters. The molecular weight excluding hydrogens is 288 g/mol. The first-order valence-corrected chi connectivity index (χ1v) is 9.32. The predicted octanol–water partition coefficient (Wildman–Crippen LogP) is 3.72. The highest BCUT2D eigenvalue weighted by atomic mass is 16.3. The maximum Gasteiger partial charge on any atom is 0.0826 e. The second-order valence-electron chi connectivity index (χ2n) is 8.98. The van der Waals surface area contributed by atoms with Crippen molar-refractivity contribution in [2.24, 2.45) is 28.6 Å². The van der Waals surface area contributed by atoms with Crippen molar-refractivity contribution in [2.75, 3.05) is 0 Å². The summed E-state index contributed by atoms with van der Waals surface area (Å²) in [5.74, 6) is 1.74. The summed E-state index contributed by atoms with van der Waals surface area (Å²) < 4.78 is 0. The molecule has 4 aliphatic carbocycles. The average molecular weight is 318 g/mol. The van der Waals surface area contributed by atoms with Crippen LogP contribution in [0.4, 0.5) is 0 Å². The SMILES string of the molecule is C[C@]12CC[C@H]3[C@@H](CC(=CO)C4=C[C@@H](O)CC[C@@]43C)[C@@H]1CC[C@@H]2O. The van der Waals surface area contributed by atoms with Gasteiger partial charge in [0, 0.05) is 0 Å². The zero-order valence-corrected chi connectivity index (χ0v) is 14.3. The van der Waals surface area contributed by atoms with Crippen LogP contribution in [0.5, 0.6) is 0 Å². The fourth-order valence-electron chi connectivity index (χ4n) is 6.73. The van der Waals surface area contributed by atoms with Crippen molar-refractivity contribution in [3.8, 4) is 0 Å². The molecule has 3 N–H and O–H groups in total. The van der Waals surface area contributed by atoms with E-state index in [9.17, 15) is 15.3 Å². The van der Waals surface area contributed by atoms with Crippen molar-refractivity contribution in [2.45, 2.75) is 71.0 Å². The Balaban J connectivity index is 1.76. The molecule has 3 saturated carbocycles. The molecule has 0 heterocycles. The van der Waals surface area contributed by atoms with E-state index < -0.39 is 0 Å². The van der Waals surface area contributed by atoms with Gasteiger partial charge >= 0.3 is 0 Å². The number of allylic oxidation sites excluding steroid dienone is 2. The molecule has 0 aromatic heterocycles. The van der Waals surface area contributed by atoms with Gasteiger partial charge in [0.15, 0.2) is 0 Å². The lowest BCUT2D eigenvalue weighted by molar-refractivity contribution is -0.0690. The van der Waals surface area contributed by atoms with Gasteiger partial charge in [-0.25, -0.2) is 0 Å². The Hall–Kier alpha value is -0.800. The Bertz CT molecular complexity index is 565. The van der Waals surface area contributed by atoms with E-state index >= 15 is 0 Å². The van der Waals surface area contributed by atoms with Crippen molar-refractivity contribution in [1.82, 2.24) is 0 Å². The van der Waals surface area contributed by atoms with E-state index in [1.807, 2.05) is 6.08 Å². The third-order valence-corrected chi connectivity index (χ3v) is 8.10. The van der Waals surface area contributed by atoms with Crippen LogP contribution in [0.1, 0.15) is 58.8 Å². The van der Waals surface area contributed by atoms with Crippen LogP contribution in [0.25, 0.3) is 0 Å². The van der Waals surface area contributed by atoms with E-state index in [-0.39, 0.29) is 23.0 Å². The molecule has 0 aromatic rings. The third-order valence-electron chi connectivity index (χ3n) is 8.10. The Kier molecular flexibility index (Phi) is 3.48. The van der Waals surface area contributed by atoms with Crippen LogP contribution in [0.3, 0.4) is 0 Å². The number of aliphatic hydroxyl groups excluding tert-OH is 3. The van der Waals surface area contributed by atoms with Crippen molar-refractivity contribution in [1.29, 1.82) is 0 Å². The Morgan fingerprint density at radius 3 is 2.57 bits per heavy atom. The Morgan fingerprint density at radius 1 is 1.04 bits per heavy atom. The van der Waals surface area contributed by atoms with Gasteiger partial charge in [-0.15, -0.1) is 0 Å². The largest absolute Gasteiger partial charge is 0.515 e. The normalized spacial score (nSPS) is 54.2. The summed E-state index contributed by atoms with van der Waals surface area (Å²) in [4.78, 5) is 0. The zero-order chi connectivity index (χ0) is 16.4. The summed E-state index contributed by atoms with van der Waals surface area (Å²) in [5.41, 5.74) is 2.36. The van der Waals surface area contributed by atoms with Crippen LogP contribution < -0.4 is 0 Å². The van der Waals surface area contributed by atoms with E-state index in [1.165, 1.54) is 11.8 Å². The monoisotopic (exact) mass is 318 g/mol. The van der Waals surface area contributed by atoms with E-state index in [0.717, 1.165) is 50.5 Å². The standard InChI is InChI=1S/C20H30O3/c1-19-7-5-13(22)10-17(19)12(11-21)9-14-15-3-4-18(23)20(15,2)8-6-16(14)19/h10-11,13-16,18,21-23H,3-9H2,1-2H3/t13-,14-,15-,16-,18-,19+,20-/m0/s1. The highest BCUT2D eigenvalue weighted by Gasteiger charge is 2.59. The quantitative estimate of drug-likeness (QED) is 0.597. The van der Waals surface area contributed by atoms with E-state index in [2.05, 4.69) is 13.8 Å². The molecule has 0 aromatic carbocycles. The summed E-state index contributed by atoms with van der Waals surface area (Å²) in [7, 11) is 0. The van der Waals surface area contributed by atoms with Gasteiger partial charge in [-0.1, -0.05) is 19.9 Å². The van der Waals surface area contributed by atoms with Crippen molar-refractivity contribution in [3.63, 3.8) is 0 Å². The number of aliphatic hydroxyl groups is 3. The minimum absolute atomic E-state index is 0.0630. The van der Waals surface area contributed by atoms with Crippen molar-refractivity contribution < 1.29 is 15.3 Å². The first-order chi connectivity index (χ1) is 10.9. The lowest BCUT2D eigenvalue weighted by Crippen LogP contribution is -2.52. The molecule has 128 valence electrons. The van der Waals surface area contributed by atoms with Crippen LogP contribution in [0.2, 0.25) is 0 Å². The maximum atomic E-state index is 10.5. The molecule has 7 atom stereocenters. The average Bonchev–Trinajstić information content (AvgIpc) is 2.83. The zero-order valence-electron chi connectivity index (χ0n) is 14.3. The van der Waals surface area contributed by atoms with E-state index in [0.29, 0.717) is 17.8 Å². The molecule has 3 nitrogen and oxygen atoms in total. The fraction of sp³-hybridized carbons (Fsp3) is 0.800. The van der Waals surface area contributed by atoms with Crippen molar-refractivity contribution in [3.05, 3.63) is 23.5 Å². The maximum absolute atomic E-state index is 10.5. The predicted molar refractivity (Wildman–Crippen MR) is 89.8 cm³/mol. The Morgan fingerprint density at radius 2 is 1.83 bits per heavy atom. The molecular formula is C20H30O3. The Labute approximate surface area is 139 Å². The summed E-state index contributed by atoms with van der Waals surface area (Å²) in [6.07, 6.45) is 9.82. The van der Waals surface area contributed by atoms with Gasteiger partial charge in [-0.2, -0.15) is 0 Å². The van der Waals surface area contributed by atoms with Crippen molar-refractivity contribution >= 4 is 0 Å². The van der Waals surface area contributed by atoms with E-state index in [1.54, 1.807) is 0 Å². The lowest BCUT2D eigenvalue weighted by Gasteiger charge is -2.58. The summed E-state index contributed by atoms with van der Waals surface area (Å²) in [6, 6.07) is 0. The molecule has 0 aliphatic heterocycles. The summed E-state index contributed by atoms with van der Waals surface area (Å²) in [6.45, 7) is 4.63. The minimum Gasteiger partial charge on any atom is -0.515 e. The highest BCUT2D eigenvalue weighted by molar-refractivity contribution is 5.42. The van der Waals surface area contributed by atoms with Crippen LogP contribution in [-0.2, 0) is 0 Å². The van der Waals surface area contributed by atoms with E-state index in [4.69, 9.17) is 0 Å². The van der Waals surface area contributed by atoms with Gasteiger partial charge in [0.25, 0.3) is 0 Å². The van der Waals surface area contributed by atoms with Crippen LogP contribution >= 0.6 is 0 Å². The molecule has 0 amide bonds. The molecule has 3 heteroatoms. The molecule has 0 spiro atoms. The molecule has 0 radical (unpaired) electrons. The third kappa shape index (κ3) is 2.02. The highest BCUT2D eigenvalue weighted by Crippen LogP contribution is 2.66. The summed E-state index contributed by atoms with van der Waals surface area (Å²) >= 11 is 0. The van der Waals surface area contributed by atoms with Gasteiger partial charge in [0.05, 0.1) is 18.5 Å². The van der Waals surface area contributed by atoms with Gasteiger partial charge in [-0.05, 0) is 84.7 Å². The molecule has 0 saturated heterocycles. The molecule has 3 fully saturated rings. The number of hydrogen-bond acceptors (Lipinski definition) is 3. The lowest BCUT2D eigenvalue weighted by atomic mass is 9.46. The minimum atomic E-state index is -0.369. The number of hydrogen-bond donors (Lipinski definition) is 3. The fourth-order valence-corrected chi connectivity index (χ4v) is 6.73. The smallest absolute Gasteiger partial charge is 0.0826 e. The molecule has 23 heavy (non-hydrogen) atoms. The molecule has 4 rings (SSSR count). The van der Waals surface area contributed by atoms with Gasteiger partial charge < -0.3 is 15.3 Å². The second-order valence-corrected chi connectivity index (χ2v) is 8.98. The van der Waals surface area contributed by atoms with Crippen LogP contribution in [0.15, 0.2) is 23.5 Å². The second kappa shape index (κ2) is 5.10.